The minimum absolute atomic E-state index is 0.294. The zero-order valence-corrected chi connectivity index (χ0v) is 17.3. The van der Waals surface area contributed by atoms with Crippen molar-refractivity contribution in [2.24, 2.45) is 0 Å². The van der Waals surface area contributed by atoms with E-state index in [4.69, 9.17) is 4.98 Å². The highest BCUT2D eigenvalue weighted by Gasteiger charge is 2.30. The molecule has 2 aliphatic heterocycles. The molecule has 4 rings (SSSR count). The predicted octanol–water partition coefficient (Wildman–Crippen LogP) is 2.35. The molecule has 0 aromatic carbocycles. The van der Waals surface area contributed by atoms with E-state index in [1.54, 1.807) is 0 Å². The highest BCUT2D eigenvalue weighted by molar-refractivity contribution is 5.78. The quantitative estimate of drug-likeness (QED) is 0.730. The van der Waals surface area contributed by atoms with Gasteiger partial charge >= 0.3 is 0 Å². The van der Waals surface area contributed by atoms with Crippen LogP contribution in [0.3, 0.4) is 0 Å². The van der Waals surface area contributed by atoms with Gasteiger partial charge in [-0.25, -0.2) is 4.98 Å². The first kappa shape index (κ1) is 19.6. The molecule has 154 valence electrons. The number of nitrogens with one attached hydrogen (secondary N) is 1. The topological polar surface area (TPSA) is 51.7 Å². The maximum absolute atomic E-state index is 12.8. The van der Waals surface area contributed by atoms with Crippen LogP contribution in [-0.2, 0) is 17.8 Å². The van der Waals surface area contributed by atoms with E-state index in [1.807, 2.05) is 0 Å². The van der Waals surface area contributed by atoms with Crippen LogP contribution in [0.2, 0.25) is 0 Å². The first-order chi connectivity index (χ1) is 13.7. The van der Waals surface area contributed by atoms with Crippen LogP contribution < -0.4 is 5.32 Å². The first-order valence-electron chi connectivity index (χ1n) is 11.2. The van der Waals surface area contributed by atoms with E-state index in [0.717, 1.165) is 64.1 Å². The van der Waals surface area contributed by atoms with Gasteiger partial charge in [0.25, 0.3) is 0 Å². The van der Waals surface area contributed by atoms with Crippen LogP contribution in [0.25, 0.3) is 0 Å². The first-order valence-corrected chi connectivity index (χ1v) is 11.2. The molecule has 6 nitrogen and oxygen atoms in total. The summed E-state index contributed by atoms with van der Waals surface area (Å²) >= 11 is 0. The Hall–Kier alpha value is -1.66. The average Bonchev–Trinajstić information content (AvgIpc) is 2.67. The zero-order valence-electron chi connectivity index (χ0n) is 17.3. The number of pyridine rings is 1. The average molecular weight is 386 g/mol. The molecule has 2 fully saturated rings. The largest absolute Gasteiger partial charge is 0.370 e. The molecular formula is C22H35N5O. The van der Waals surface area contributed by atoms with Crippen molar-refractivity contribution in [1.29, 1.82) is 0 Å². The van der Waals surface area contributed by atoms with Crippen molar-refractivity contribution in [2.45, 2.75) is 58.0 Å². The van der Waals surface area contributed by atoms with Crippen molar-refractivity contribution in [2.75, 3.05) is 51.1 Å². The van der Waals surface area contributed by atoms with E-state index in [2.05, 4.69) is 39.1 Å². The molecule has 1 aromatic heterocycles. The summed E-state index contributed by atoms with van der Waals surface area (Å²) in [5, 5.41) is 3.41. The molecule has 1 aliphatic carbocycles. The Morgan fingerprint density at radius 1 is 1.18 bits per heavy atom. The lowest BCUT2D eigenvalue weighted by Crippen LogP contribution is -2.55. The fraction of sp³-hybridized carbons (Fsp3) is 0.727. The third-order valence-corrected chi connectivity index (χ3v) is 6.58. The van der Waals surface area contributed by atoms with E-state index in [-0.39, 0.29) is 0 Å². The van der Waals surface area contributed by atoms with Crippen molar-refractivity contribution in [3.8, 4) is 0 Å². The van der Waals surface area contributed by atoms with Crippen LogP contribution in [0.15, 0.2) is 12.1 Å². The van der Waals surface area contributed by atoms with Crippen molar-refractivity contribution in [1.82, 2.24) is 19.7 Å². The second kappa shape index (κ2) is 9.23. The molecule has 3 heterocycles. The highest BCUT2D eigenvalue weighted by atomic mass is 16.2. The molecular weight excluding hydrogens is 350 g/mol. The van der Waals surface area contributed by atoms with E-state index in [1.165, 1.54) is 43.4 Å². The number of carbonyl (C=O) groups is 1. The third-order valence-electron chi connectivity index (χ3n) is 6.58. The van der Waals surface area contributed by atoms with E-state index < -0.39 is 0 Å². The molecule has 3 aliphatic rings. The second-order valence-corrected chi connectivity index (χ2v) is 8.54. The van der Waals surface area contributed by atoms with Crippen molar-refractivity contribution < 1.29 is 4.79 Å². The number of fused-ring (bicyclic) bond motifs is 1. The number of amides is 1. The molecule has 1 N–H and O–H groups in total. The van der Waals surface area contributed by atoms with Crippen LogP contribution >= 0.6 is 0 Å². The van der Waals surface area contributed by atoms with Gasteiger partial charge in [0.15, 0.2) is 0 Å². The molecule has 1 aromatic rings. The Morgan fingerprint density at radius 3 is 2.71 bits per heavy atom. The number of aromatic nitrogens is 1. The summed E-state index contributed by atoms with van der Waals surface area (Å²) in [6.45, 7) is 9.39. The number of nitrogens with zero attached hydrogens (tertiary/aromatic N) is 4. The van der Waals surface area contributed by atoms with Gasteiger partial charge in [-0.2, -0.15) is 0 Å². The SMILES string of the molecule is CCCCNc1ccc2c(n1)CCN(CC(=O)N1CCN(C3CCC3)CC1)C2. The summed E-state index contributed by atoms with van der Waals surface area (Å²) in [5.41, 5.74) is 2.47. The minimum Gasteiger partial charge on any atom is -0.370 e. The lowest BCUT2D eigenvalue weighted by atomic mass is 9.91. The molecule has 1 amide bonds. The lowest BCUT2D eigenvalue weighted by molar-refractivity contribution is -0.135. The Labute approximate surface area is 169 Å². The normalized spacial score (nSPS) is 21.2. The molecule has 0 spiro atoms. The van der Waals surface area contributed by atoms with Crippen LogP contribution in [-0.4, -0.2) is 77.4 Å². The summed E-state index contributed by atoms with van der Waals surface area (Å²) in [6.07, 6.45) is 7.38. The fourth-order valence-corrected chi connectivity index (χ4v) is 4.48. The third kappa shape index (κ3) is 4.66. The summed E-state index contributed by atoms with van der Waals surface area (Å²) in [5.74, 6) is 1.28. The summed E-state index contributed by atoms with van der Waals surface area (Å²) < 4.78 is 0. The van der Waals surface area contributed by atoms with E-state index >= 15 is 0 Å². The lowest BCUT2D eigenvalue weighted by Gasteiger charge is -2.43. The standard InChI is InChI=1S/C22H35N5O/c1-2-3-10-23-21-8-7-18-16-25(11-9-20(18)24-21)17-22(28)27-14-12-26(13-15-27)19-5-4-6-19/h7-8,19H,2-6,9-17H2,1H3,(H,23,24). The smallest absolute Gasteiger partial charge is 0.236 e. The molecule has 1 saturated carbocycles. The highest BCUT2D eigenvalue weighted by Crippen LogP contribution is 2.25. The number of unbranched alkanes of at least 4 members (excludes halogenated alkanes) is 1. The maximum Gasteiger partial charge on any atom is 0.236 e. The molecule has 0 radical (unpaired) electrons. The van der Waals surface area contributed by atoms with Gasteiger partial charge in [-0.15, -0.1) is 0 Å². The number of carbonyl (C=O) groups excluding carboxylic acids is 1. The Kier molecular flexibility index (Phi) is 6.47. The number of rotatable bonds is 7. The van der Waals surface area contributed by atoms with Gasteiger partial charge in [-0.05, 0) is 30.9 Å². The fourth-order valence-electron chi connectivity index (χ4n) is 4.48. The number of piperazine rings is 1. The van der Waals surface area contributed by atoms with Gasteiger partial charge < -0.3 is 10.2 Å². The van der Waals surface area contributed by atoms with Crippen molar-refractivity contribution in [3.63, 3.8) is 0 Å². The van der Waals surface area contributed by atoms with Gasteiger partial charge in [0.2, 0.25) is 5.91 Å². The number of anilines is 1. The van der Waals surface area contributed by atoms with E-state index in [0.29, 0.717) is 12.5 Å². The second-order valence-electron chi connectivity index (χ2n) is 8.54. The van der Waals surface area contributed by atoms with Crippen molar-refractivity contribution in [3.05, 3.63) is 23.4 Å². The Bertz CT molecular complexity index is 667. The van der Waals surface area contributed by atoms with Gasteiger partial charge in [-0.1, -0.05) is 25.8 Å². The number of hydrogen-bond donors (Lipinski definition) is 1. The van der Waals surface area contributed by atoms with Crippen LogP contribution in [0, 0.1) is 0 Å². The molecule has 6 heteroatoms. The monoisotopic (exact) mass is 385 g/mol. The summed E-state index contributed by atoms with van der Waals surface area (Å²) in [7, 11) is 0. The van der Waals surface area contributed by atoms with E-state index in [9.17, 15) is 4.79 Å². The van der Waals surface area contributed by atoms with Gasteiger partial charge in [0, 0.05) is 64.0 Å². The van der Waals surface area contributed by atoms with Gasteiger partial charge in [0.1, 0.15) is 5.82 Å². The zero-order chi connectivity index (χ0) is 19.3. The molecule has 28 heavy (non-hydrogen) atoms. The van der Waals surface area contributed by atoms with Gasteiger partial charge in [-0.3, -0.25) is 14.6 Å². The summed E-state index contributed by atoms with van der Waals surface area (Å²) in [6, 6.07) is 5.06. The minimum atomic E-state index is 0.294. The molecule has 1 saturated heterocycles. The Morgan fingerprint density at radius 2 is 2.00 bits per heavy atom. The van der Waals surface area contributed by atoms with Gasteiger partial charge in [0.05, 0.1) is 6.54 Å². The maximum atomic E-state index is 12.8. The predicted molar refractivity (Wildman–Crippen MR) is 112 cm³/mol. The van der Waals surface area contributed by atoms with Crippen LogP contribution in [0.5, 0.6) is 0 Å². The molecule has 0 unspecified atom stereocenters. The number of hydrogen-bond acceptors (Lipinski definition) is 5. The Balaban J connectivity index is 1.24. The van der Waals surface area contributed by atoms with Crippen LogP contribution in [0.4, 0.5) is 5.82 Å². The molecule has 0 bridgehead atoms. The molecule has 0 atom stereocenters. The summed E-state index contributed by atoms with van der Waals surface area (Å²) in [4.78, 5) is 24.5. The van der Waals surface area contributed by atoms with Crippen LogP contribution in [0.1, 0.15) is 50.3 Å². The van der Waals surface area contributed by atoms with Crippen molar-refractivity contribution >= 4 is 11.7 Å².